The first kappa shape index (κ1) is 14.9. The van der Waals surface area contributed by atoms with Gasteiger partial charge in [-0.1, -0.05) is 0 Å². The summed E-state index contributed by atoms with van der Waals surface area (Å²) >= 11 is 0. The minimum atomic E-state index is -0.430. The predicted octanol–water partition coefficient (Wildman–Crippen LogP) is 0.955. The van der Waals surface area contributed by atoms with Crippen LogP contribution in [-0.2, 0) is 6.61 Å². The Labute approximate surface area is 121 Å². The van der Waals surface area contributed by atoms with Gasteiger partial charge in [-0.2, -0.15) is 5.10 Å². The Bertz CT molecular complexity index is 696. The van der Waals surface area contributed by atoms with Crippen molar-refractivity contribution in [2.75, 3.05) is 21.3 Å². The van der Waals surface area contributed by atoms with E-state index < -0.39 is 5.56 Å². The monoisotopic (exact) mass is 292 g/mol. The molecule has 0 radical (unpaired) electrons. The van der Waals surface area contributed by atoms with Crippen molar-refractivity contribution >= 4 is 0 Å². The van der Waals surface area contributed by atoms with E-state index in [9.17, 15) is 9.90 Å². The summed E-state index contributed by atoms with van der Waals surface area (Å²) in [5.41, 5.74) is 0.857. The molecule has 0 aliphatic carbocycles. The molecular formula is C14H16N2O5. The van der Waals surface area contributed by atoms with Gasteiger partial charge >= 0.3 is 0 Å². The summed E-state index contributed by atoms with van der Waals surface area (Å²) in [6.07, 6.45) is 0. The maximum Gasteiger partial charge on any atom is 0.269 e. The number of nitrogens with one attached hydrogen (secondary N) is 1. The number of ether oxygens (including phenoxy) is 3. The second kappa shape index (κ2) is 6.27. The second-order valence-corrected chi connectivity index (χ2v) is 4.15. The van der Waals surface area contributed by atoms with E-state index in [4.69, 9.17) is 14.2 Å². The zero-order valence-electron chi connectivity index (χ0n) is 12.0. The molecule has 0 aliphatic rings. The molecule has 1 aromatic heterocycles. The lowest BCUT2D eigenvalue weighted by Crippen LogP contribution is -2.14. The van der Waals surface area contributed by atoms with Crippen LogP contribution in [0.25, 0.3) is 11.3 Å². The second-order valence-electron chi connectivity index (χ2n) is 4.15. The molecule has 0 saturated heterocycles. The summed E-state index contributed by atoms with van der Waals surface area (Å²) in [6.45, 7) is -0.375. The Morgan fingerprint density at radius 1 is 1.14 bits per heavy atom. The third kappa shape index (κ3) is 2.68. The molecule has 0 saturated carbocycles. The Morgan fingerprint density at radius 3 is 2.43 bits per heavy atom. The van der Waals surface area contributed by atoms with Crippen LogP contribution in [0.15, 0.2) is 23.0 Å². The summed E-state index contributed by atoms with van der Waals surface area (Å²) in [5, 5.41) is 15.5. The van der Waals surface area contributed by atoms with Gasteiger partial charge in [0.25, 0.3) is 5.56 Å². The van der Waals surface area contributed by atoms with Crippen molar-refractivity contribution in [2.45, 2.75) is 6.61 Å². The van der Waals surface area contributed by atoms with Crippen LogP contribution in [0.2, 0.25) is 0 Å². The number of rotatable bonds is 5. The van der Waals surface area contributed by atoms with Gasteiger partial charge in [0.1, 0.15) is 0 Å². The van der Waals surface area contributed by atoms with Gasteiger partial charge in [0.05, 0.1) is 33.6 Å². The number of aromatic amines is 1. The quantitative estimate of drug-likeness (QED) is 0.852. The van der Waals surface area contributed by atoms with Gasteiger partial charge in [0.2, 0.25) is 5.75 Å². The average molecular weight is 292 g/mol. The van der Waals surface area contributed by atoms with Gasteiger partial charge in [0, 0.05) is 11.1 Å². The van der Waals surface area contributed by atoms with Crippen LogP contribution >= 0.6 is 0 Å². The fraction of sp³-hybridized carbons (Fsp3) is 0.286. The Kier molecular flexibility index (Phi) is 4.44. The van der Waals surface area contributed by atoms with E-state index in [0.29, 0.717) is 28.5 Å². The van der Waals surface area contributed by atoms with Crippen molar-refractivity contribution in [3.8, 4) is 28.5 Å². The van der Waals surface area contributed by atoms with E-state index in [-0.39, 0.29) is 12.2 Å². The molecule has 0 spiro atoms. The third-order valence-electron chi connectivity index (χ3n) is 3.03. The highest BCUT2D eigenvalue weighted by molar-refractivity contribution is 5.74. The molecule has 21 heavy (non-hydrogen) atoms. The van der Waals surface area contributed by atoms with Crippen molar-refractivity contribution in [2.24, 2.45) is 0 Å². The van der Waals surface area contributed by atoms with Crippen molar-refractivity contribution in [3.63, 3.8) is 0 Å². The zero-order valence-corrected chi connectivity index (χ0v) is 12.0. The summed E-state index contributed by atoms with van der Waals surface area (Å²) in [4.78, 5) is 11.5. The molecule has 2 N–H and O–H groups in total. The molecule has 0 bridgehead atoms. The van der Waals surface area contributed by atoms with Gasteiger partial charge < -0.3 is 19.3 Å². The first-order chi connectivity index (χ1) is 10.2. The molecular weight excluding hydrogens is 276 g/mol. The Balaban J connectivity index is 2.66. The fourth-order valence-electron chi connectivity index (χ4n) is 2.00. The van der Waals surface area contributed by atoms with Crippen molar-refractivity contribution in [3.05, 3.63) is 34.1 Å². The minimum Gasteiger partial charge on any atom is -0.493 e. The standard InChI is InChI=1S/C14H16N2O5/c1-19-11-5-4-9(12(20-2)13(11)21-3)10-6-8(7-17)14(18)16-15-10/h4-6,17H,7H2,1-3H3,(H,16,18). The smallest absolute Gasteiger partial charge is 0.269 e. The lowest BCUT2D eigenvalue weighted by molar-refractivity contribution is 0.280. The Hall–Kier alpha value is -2.54. The highest BCUT2D eigenvalue weighted by Crippen LogP contribution is 2.43. The van der Waals surface area contributed by atoms with Gasteiger partial charge in [-0.05, 0) is 18.2 Å². The molecule has 2 aromatic rings. The van der Waals surface area contributed by atoms with Gasteiger partial charge in [-0.3, -0.25) is 4.79 Å². The molecule has 2 rings (SSSR count). The molecule has 7 heteroatoms. The Morgan fingerprint density at radius 2 is 1.86 bits per heavy atom. The third-order valence-corrected chi connectivity index (χ3v) is 3.03. The lowest BCUT2D eigenvalue weighted by Gasteiger charge is -2.15. The number of H-pyrrole nitrogens is 1. The SMILES string of the molecule is COc1ccc(-c2cc(CO)c(=O)[nH]n2)c(OC)c1OC. The summed E-state index contributed by atoms with van der Waals surface area (Å²) in [7, 11) is 4.53. The van der Waals surface area contributed by atoms with Crippen molar-refractivity contribution in [1.82, 2.24) is 10.2 Å². The number of hydrogen-bond acceptors (Lipinski definition) is 6. The molecule has 1 aromatic carbocycles. The highest BCUT2D eigenvalue weighted by Gasteiger charge is 2.18. The maximum atomic E-state index is 11.5. The normalized spacial score (nSPS) is 10.3. The van der Waals surface area contributed by atoms with Crippen LogP contribution in [0.3, 0.4) is 0 Å². The van der Waals surface area contributed by atoms with E-state index in [2.05, 4.69) is 10.2 Å². The maximum absolute atomic E-state index is 11.5. The van der Waals surface area contributed by atoms with E-state index >= 15 is 0 Å². The number of aliphatic hydroxyl groups is 1. The van der Waals surface area contributed by atoms with E-state index in [1.807, 2.05) is 0 Å². The number of aliphatic hydroxyl groups excluding tert-OH is 1. The van der Waals surface area contributed by atoms with E-state index in [0.717, 1.165) is 0 Å². The van der Waals surface area contributed by atoms with Crippen LogP contribution in [0, 0.1) is 0 Å². The van der Waals surface area contributed by atoms with Crippen molar-refractivity contribution in [1.29, 1.82) is 0 Å². The fourth-order valence-corrected chi connectivity index (χ4v) is 2.00. The average Bonchev–Trinajstić information content (AvgIpc) is 2.53. The minimum absolute atomic E-state index is 0.219. The number of aromatic nitrogens is 2. The van der Waals surface area contributed by atoms with E-state index in [1.165, 1.54) is 27.4 Å². The van der Waals surface area contributed by atoms with Crippen LogP contribution in [-0.4, -0.2) is 36.6 Å². The molecule has 0 fully saturated rings. The molecule has 1 heterocycles. The number of methoxy groups -OCH3 is 3. The van der Waals surface area contributed by atoms with Crippen molar-refractivity contribution < 1.29 is 19.3 Å². The van der Waals surface area contributed by atoms with Gasteiger partial charge in [-0.15, -0.1) is 0 Å². The summed E-state index contributed by atoms with van der Waals surface area (Å²) in [6, 6.07) is 4.95. The number of nitrogens with zero attached hydrogens (tertiary/aromatic N) is 1. The highest BCUT2D eigenvalue weighted by atomic mass is 16.5. The zero-order chi connectivity index (χ0) is 15.4. The topological polar surface area (TPSA) is 93.7 Å². The first-order valence-electron chi connectivity index (χ1n) is 6.15. The molecule has 0 atom stereocenters. The first-order valence-corrected chi connectivity index (χ1v) is 6.15. The number of hydrogen-bond donors (Lipinski definition) is 2. The van der Waals surface area contributed by atoms with E-state index in [1.54, 1.807) is 12.1 Å². The number of benzene rings is 1. The van der Waals surface area contributed by atoms with Gasteiger partial charge in [0.15, 0.2) is 11.5 Å². The largest absolute Gasteiger partial charge is 0.493 e. The molecule has 0 amide bonds. The lowest BCUT2D eigenvalue weighted by atomic mass is 10.1. The predicted molar refractivity (Wildman–Crippen MR) is 75.9 cm³/mol. The molecule has 0 unspecified atom stereocenters. The molecule has 0 aliphatic heterocycles. The van der Waals surface area contributed by atoms with Crippen LogP contribution in [0.4, 0.5) is 0 Å². The molecule has 112 valence electrons. The summed E-state index contributed by atoms with van der Waals surface area (Å²) < 4.78 is 15.9. The van der Waals surface area contributed by atoms with Crippen LogP contribution in [0.5, 0.6) is 17.2 Å². The summed E-state index contributed by atoms with van der Waals surface area (Å²) in [5.74, 6) is 1.38. The molecule has 7 nitrogen and oxygen atoms in total. The van der Waals surface area contributed by atoms with Gasteiger partial charge in [-0.25, -0.2) is 5.10 Å². The van der Waals surface area contributed by atoms with Crippen LogP contribution in [0.1, 0.15) is 5.56 Å². The van der Waals surface area contributed by atoms with Crippen LogP contribution < -0.4 is 19.8 Å².